The van der Waals surface area contributed by atoms with Gasteiger partial charge in [-0.1, -0.05) is 12.2 Å². The Morgan fingerprint density at radius 2 is 1.65 bits per heavy atom. The van der Waals surface area contributed by atoms with Crippen LogP contribution in [0, 0.1) is 0 Å². The van der Waals surface area contributed by atoms with Gasteiger partial charge in [0.1, 0.15) is 0 Å². The molecule has 1 aliphatic rings. The maximum atomic E-state index is 5.86. The van der Waals surface area contributed by atoms with Gasteiger partial charge in [-0.3, -0.25) is 4.90 Å². The summed E-state index contributed by atoms with van der Waals surface area (Å²) in [7, 11) is 0. The minimum Gasteiger partial charge on any atom is -0.374 e. The number of piperidine rings is 1. The van der Waals surface area contributed by atoms with E-state index in [2.05, 4.69) is 45.8 Å². The first-order chi connectivity index (χ1) is 7.83. The number of hydrogen-bond donors (Lipinski definition) is 0. The molecule has 1 aliphatic heterocycles. The first-order valence-electron chi connectivity index (χ1n) is 6.44. The van der Waals surface area contributed by atoms with Crippen LogP contribution in [-0.4, -0.2) is 35.2 Å². The van der Waals surface area contributed by atoms with Gasteiger partial charge >= 0.3 is 0 Å². The van der Waals surface area contributed by atoms with Crippen molar-refractivity contribution in [3.63, 3.8) is 0 Å². The molecule has 0 aromatic heterocycles. The number of rotatable bonds is 5. The van der Waals surface area contributed by atoms with Crippen molar-refractivity contribution in [3.8, 4) is 0 Å². The van der Waals surface area contributed by atoms with Crippen LogP contribution in [0.1, 0.15) is 40.5 Å². The van der Waals surface area contributed by atoms with Crippen LogP contribution in [0.25, 0.3) is 0 Å². The van der Waals surface area contributed by atoms with Gasteiger partial charge in [-0.05, 0) is 40.5 Å². The molecule has 0 bridgehead atoms. The van der Waals surface area contributed by atoms with Gasteiger partial charge in [0.2, 0.25) is 0 Å². The minimum atomic E-state index is 0.155. The zero-order valence-corrected chi connectivity index (χ0v) is 11.8. The maximum Gasteiger partial charge on any atom is 0.0648 e. The Morgan fingerprint density at radius 3 is 2.06 bits per heavy atom. The molecule has 1 fully saturated rings. The predicted molar refractivity (Wildman–Crippen MR) is 74.2 cm³/mol. The second-order valence-corrected chi connectivity index (χ2v) is 6.18. The summed E-state index contributed by atoms with van der Waals surface area (Å²) in [5.74, 6) is 0. The summed E-state index contributed by atoms with van der Waals surface area (Å²) in [6.45, 7) is 18.3. The lowest BCUT2D eigenvalue weighted by Gasteiger charge is -2.54. The van der Waals surface area contributed by atoms with Crippen molar-refractivity contribution in [1.29, 1.82) is 0 Å². The largest absolute Gasteiger partial charge is 0.374 e. The van der Waals surface area contributed by atoms with E-state index in [4.69, 9.17) is 4.74 Å². The average Bonchev–Trinajstić information content (AvgIpc) is 2.19. The third-order valence-corrected chi connectivity index (χ3v) is 3.68. The Bertz CT molecular complexity index is 263. The lowest BCUT2D eigenvalue weighted by Crippen LogP contribution is -2.62. The summed E-state index contributed by atoms with van der Waals surface area (Å²) < 4.78 is 5.86. The lowest BCUT2D eigenvalue weighted by atomic mass is 9.78. The molecule has 1 heterocycles. The number of nitrogens with zero attached hydrogens (tertiary/aromatic N) is 1. The molecule has 98 valence electrons. The number of likely N-dealkylation sites (tertiary alicyclic amines) is 1. The summed E-state index contributed by atoms with van der Waals surface area (Å²) in [6.07, 6.45) is 6.29. The molecule has 0 aromatic rings. The predicted octanol–water partition coefficient (Wildman–Crippen LogP) is 3.40. The third kappa shape index (κ3) is 3.43. The van der Waals surface area contributed by atoms with Crippen LogP contribution in [0.15, 0.2) is 25.3 Å². The van der Waals surface area contributed by atoms with E-state index in [-0.39, 0.29) is 11.1 Å². The SMILES string of the molecule is C=CCOC1CC(C)(C)N(CC=C)C(C)(C)C1. The van der Waals surface area contributed by atoms with Crippen molar-refractivity contribution >= 4 is 0 Å². The van der Waals surface area contributed by atoms with Crippen LogP contribution < -0.4 is 0 Å². The van der Waals surface area contributed by atoms with Crippen molar-refractivity contribution in [3.05, 3.63) is 25.3 Å². The zero-order chi connectivity index (χ0) is 13.1. The molecule has 0 saturated carbocycles. The molecule has 1 rings (SSSR count). The molecule has 0 unspecified atom stereocenters. The highest BCUT2D eigenvalue weighted by Gasteiger charge is 2.44. The van der Waals surface area contributed by atoms with E-state index < -0.39 is 0 Å². The fraction of sp³-hybridized carbons (Fsp3) is 0.733. The fourth-order valence-corrected chi connectivity index (χ4v) is 3.17. The van der Waals surface area contributed by atoms with Gasteiger partial charge in [0.05, 0.1) is 12.7 Å². The molecular formula is C15H27NO. The highest BCUT2D eigenvalue weighted by atomic mass is 16.5. The molecule has 2 nitrogen and oxygen atoms in total. The monoisotopic (exact) mass is 237 g/mol. The normalized spacial score (nSPS) is 24.5. The molecule has 17 heavy (non-hydrogen) atoms. The molecule has 0 radical (unpaired) electrons. The zero-order valence-electron chi connectivity index (χ0n) is 11.8. The molecular weight excluding hydrogens is 210 g/mol. The van der Waals surface area contributed by atoms with Gasteiger partial charge < -0.3 is 4.74 Å². The molecule has 0 aliphatic carbocycles. The van der Waals surface area contributed by atoms with E-state index >= 15 is 0 Å². The van der Waals surface area contributed by atoms with Gasteiger partial charge in [0.15, 0.2) is 0 Å². The average molecular weight is 237 g/mol. The highest BCUT2D eigenvalue weighted by molar-refractivity contribution is 5.02. The lowest BCUT2D eigenvalue weighted by molar-refractivity contribution is -0.0933. The summed E-state index contributed by atoms with van der Waals surface area (Å²) in [6, 6.07) is 0. The Morgan fingerprint density at radius 1 is 1.12 bits per heavy atom. The molecule has 0 N–H and O–H groups in total. The first kappa shape index (κ1) is 14.5. The van der Waals surface area contributed by atoms with Crippen LogP contribution in [-0.2, 0) is 4.74 Å². The second-order valence-electron chi connectivity index (χ2n) is 6.18. The summed E-state index contributed by atoms with van der Waals surface area (Å²) in [5.41, 5.74) is 0.309. The molecule has 0 spiro atoms. The second kappa shape index (κ2) is 5.36. The van der Waals surface area contributed by atoms with Crippen molar-refractivity contribution in [2.75, 3.05) is 13.2 Å². The van der Waals surface area contributed by atoms with Gasteiger partial charge in [-0.25, -0.2) is 0 Å². The van der Waals surface area contributed by atoms with Gasteiger partial charge in [-0.2, -0.15) is 0 Å². The Hall–Kier alpha value is -0.600. The van der Waals surface area contributed by atoms with Crippen molar-refractivity contribution in [2.24, 2.45) is 0 Å². The van der Waals surface area contributed by atoms with E-state index in [1.165, 1.54) is 0 Å². The molecule has 0 amide bonds. The Balaban J connectivity index is 2.80. The van der Waals surface area contributed by atoms with E-state index in [1.807, 2.05) is 12.2 Å². The summed E-state index contributed by atoms with van der Waals surface area (Å²) in [4.78, 5) is 2.53. The van der Waals surface area contributed by atoms with Crippen LogP contribution in [0.4, 0.5) is 0 Å². The molecule has 1 saturated heterocycles. The number of hydrogen-bond acceptors (Lipinski definition) is 2. The highest BCUT2D eigenvalue weighted by Crippen LogP contribution is 2.39. The van der Waals surface area contributed by atoms with Gasteiger partial charge in [0.25, 0.3) is 0 Å². The summed E-state index contributed by atoms with van der Waals surface area (Å²) in [5, 5.41) is 0. The fourth-order valence-electron chi connectivity index (χ4n) is 3.17. The topological polar surface area (TPSA) is 12.5 Å². The van der Waals surface area contributed by atoms with E-state index in [0.717, 1.165) is 19.4 Å². The van der Waals surface area contributed by atoms with Crippen LogP contribution >= 0.6 is 0 Å². The first-order valence-corrected chi connectivity index (χ1v) is 6.44. The Labute approximate surface area is 106 Å². The van der Waals surface area contributed by atoms with E-state index in [9.17, 15) is 0 Å². The molecule has 0 aromatic carbocycles. The standard InChI is InChI=1S/C15H27NO/c1-7-9-16-14(3,4)11-13(17-10-8-2)12-15(16,5)6/h7-8,13H,1-2,9-12H2,3-6H3. The van der Waals surface area contributed by atoms with Gasteiger partial charge in [-0.15, -0.1) is 13.2 Å². The Kier molecular flexibility index (Phi) is 4.56. The van der Waals surface area contributed by atoms with Crippen molar-refractivity contribution < 1.29 is 4.74 Å². The smallest absolute Gasteiger partial charge is 0.0648 e. The van der Waals surface area contributed by atoms with Crippen LogP contribution in [0.2, 0.25) is 0 Å². The van der Waals surface area contributed by atoms with E-state index in [1.54, 1.807) is 0 Å². The third-order valence-electron chi connectivity index (χ3n) is 3.68. The summed E-state index contributed by atoms with van der Waals surface area (Å²) >= 11 is 0. The van der Waals surface area contributed by atoms with Crippen LogP contribution in [0.3, 0.4) is 0 Å². The molecule has 2 heteroatoms. The minimum absolute atomic E-state index is 0.155. The van der Waals surface area contributed by atoms with Crippen LogP contribution in [0.5, 0.6) is 0 Å². The maximum absolute atomic E-state index is 5.86. The molecule has 0 atom stereocenters. The number of ether oxygens (including phenoxy) is 1. The van der Waals surface area contributed by atoms with E-state index in [0.29, 0.717) is 12.7 Å². The quantitative estimate of drug-likeness (QED) is 0.680. The van der Waals surface area contributed by atoms with Crippen molar-refractivity contribution in [2.45, 2.75) is 57.7 Å². The van der Waals surface area contributed by atoms with Crippen molar-refractivity contribution in [1.82, 2.24) is 4.90 Å². The van der Waals surface area contributed by atoms with Gasteiger partial charge in [0, 0.05) is 17.6 Å².